The van der Waals surface area contributed by atoms with E-state index in [1.807, 2.05) is 0 Å². The maximum atomic E-state index is 13.5. The van der Waals surface area contributed by atoms with Crippen molar-refractivity contribution in [1.82, 2.24) is 0 Å². The lowest BCUT2D eigenvalue weighted by atomic mass is 9.38. The van der Waals surface area contributed by atoms with Crippen molar-refractivity contribution in [2.45, 2.75) is 83.6 Å². The first kappa shape index (κ1) is 30.2. The average molecular weight is 593 g/mol. The van der Waals surface area contributed by atoms with Gasteiger partial charge in [-0.25, -0.2) is 14.4 Å². The Balaban J connectivity index is 1.64. The molecule has 0 aromatic carbocycles. The van der Waals surface area contributed by atoms with E-state index in [1.165, 1.54) is 19.9 Å². The Labute approximate surface area is 241 Å². The standard InChI is InChI=1S/C29H36O13/c1-11(26(4,5)42-13(3)30)7-17(32)41-20-22-28-10-39-29(22,25(37)38)23(35)19(34)21(28)27(6)9-15(31)18(33)12(2)14(27)8-16(28)40-24(20)36/h7,9,12,14,16,19-23,31,34-35H,8,10H2,1-6H3,(H,37,38)/b11-7+/t12-,14-,16+,19+,20+,21+,22+,23-,27-,28+,29-/m0/s1. The van der Waals surface area contributed by atoms with Crippen LogP contribution in [0.1, 0.15) is 48.0 Å². The van der Waals surface area contributed by atoms with Crippen molar-refractivity contribution >= 4 is 29.7 Å². The van der Waals surface area contributed by atoms with Crippen LogP contribution in [0.3, 0.4) is 0 Å². The molecule has 13 nitrogen and oxygen atoms in total. The van der Waals surface area contributed by atoms with E-state index in [9.17, 15) is 44.4 Å². The fraction of sp³-hybridized carbons (Fsp3) is 0.690. The van der Waals surface area contributed by atoms with Gasteiger partial charge < -0.3 is 39.4 Å². The van der Waals surface area contributed by atoms with E-state index in [0.717, 1.165) is 6.08 Å². The van der Waals surface area contributed by atoms with Gasteiger partial charge in [-0.15, -0.1) is 0 Å². The van der Waals surface area contributed by atoms with Gasteiger partial charge in [0.25, 0.3) is 0 Å². The first-order chi connectivity index (χ1) is 19.4. The fourth-order valence-corrected chi connectivity index (χ4v) is 8.62. The first-order valence-corrected chi connectivity index (χ1v) is 13.8. The van der Waals surface area contributed by atoms with Crippen LogP contribution in [0.25, 0.3) is 0 Å². The number of hydrogen-bond donors (Lipinski definition) is 4. The third-order valence-corrected chi connectivity index (χ3v) is 10.6. The third-order valence-electron chi connectivity index (χ3n) is 10.6. The number of aliphatic carboxylic acids is 1. The largest absolute Gasteiger partial charge is 0.505 e. The van der Waals surface area contributed by atoms with Crippen molar-refractivity contribution in [3.63, 3.8) is 0 Å². The van der Waals surface area contributed by atoms with Crippen LogP contribution >= 0.6 is 0 Å². The molecule has 3 aliphatic carbocycles. The molecule has 42 heavy (non-hydrogen) atoms. The molecule has 4 N–H and O–H groups in total. The molecule has 0 unspecified atom stereocenters. The minimum absolute atomic E-state index is 0.0735. The lowest BCUT2D eigenvalue weighted by molar-refractivity contribution is -0.288. The zero-order valence-electron chi connectivity index (χ0n) is 24.2. The average Bonchev–Trinajstić information content (AvgIpc) is 3.18. The van der Waals surface area contributed by atoms with Crippen molar-refractivity contribution in [3.8, 4) is 0 Å². The summed E-state index contributed by atoms with van der Waals surface area (Å²) < 4.78 is 22.5. The van der Waals surface area contributed by atoms with Crippen LogP contribution in [0.2, 0.25) is 0 Å². The van der Waals surface area contributed by atoms with Crippen LogP contribution in [0.15, 0.2) is 23.5 Å². The summed E-state index contributed by atoms with van der Waals surface area (Å²) >= 11 is 0. The van der Waals surface area contributed by atoms with Crippen molar-refractivity contribution in [2.24, 2.45) is 34.5 Å². The summed E-state index contributed by atoms with van der Waals surface area (Å²) in [6, 6.07) is 0. The molecule has 0 amide bonds. The Morgan fingerprint density at radius 2 is 1.79 bits per heavy atom. The first-order valence-electron chi connectivity index (χ1n) is 13.8. The van der Waals surface area contributed by atoms with Crippen LogP contribution in [0.5, 0.6) is 0 Å². The Morgan fingerprint density at radius 3 is 2.38 bits per heavy atom. The van der Waals surface area contributed by atoms with Gasteiger partial charge in [0.15, 0.2) is 11.5 Å². The number of esters is 3. The molecule has 1 spiro atoms. The number of ether oxygens (including phenoxy) is 4. The van der Waals surface area contributed by atoms with Gasteiger partial charge in [0, 0.05) is 30.3 Å². The van der Waals surface area contributed by atoms with E-state index in [-0.39, 0.29) is 18.6 Å². The second kappa shape index (κ2) is 9.35. The number of carbonyl (C=O) groups excluding carboxylic acids is 4. The summed E-state index contributed by atoms with van der Waals surface area (Å²) in [5.41, 5.74) is -6.14. The maximum absolute atomic E-state index is 13.5. The predicted molar refractivity (Wildman–Crippen MR) is 138 cm³/mol. The molecule has 5 rings (SSSR count). The lowest BCUT2D eigenvalue weighted by Crippen LogP contribution is -2.79. The zero-order valence-corrected chi connectivity index (χ0v) is 24.2. The van der Waals surface area contributed by atoms with E-state index in [4.69, 9.17) is 18.9 Å². The number of carboxylic acids is 1. The van der Waals surface area contributed by atoms with Gasteiger partial charge in [-0.05, 0) is 50.2 Å². The molecule has 5 aliphatic rings. The van der Waals surface area contributed by atoms with E-state index in [1.54, 1.807) is 27.7 Å². The van der Waals surface area contributed by atoms with Crippen LogP contribution in [-0.4, -0.2) is 92.3 Å². The Bertz CT molecular complexity index is 1330. The molecule has 2 aliphatic heterocycles. The summed E-state index contributed by atoms with van der Waals surface area (Å²) in [5, 5.41) is 44.0. The highest BCUT2D eigenvalue weighted by Gasteiger charge is 2.85. The highest BCUT2D eigenvalue weighted by Crippen LogP contribution is 2.72. The molecule has 0 aromatic rings. The topological polar surface area (TPSA) is 203 Å². The second-order valence-corrected chi connectivity index (χ2v) is 13.0. The van der Waals surface area contributed by atoms with E-state index in [2.05, 4.69) is 0 Å². The van der Waals surface area contributed by atoms with Crippen molar-refractivity contribution in [2.75, 3.05) is 6.61 Å². The normalized spacial score (nSPS) is 44.3. The highest BCUT2D eigenvalue weighted by atomic mass is 16.6. The minimum atomic E-state index is -2.54. The van der Waals surface area contributed by atoms with Gasteiger partial charge in [0.05, 0.1) is 18.6 Å². The van der Waals surface area contributed by atoms with E-state index < -0.39 is 106 Å². The Hall–Kier alpha value is -3.29. The molecule has 13 heteroatoms. The van der Waals surface area contributed by atoms with Crippen LogP contribution in [0, 0.1) is 34.5 Å². The van der Waals surface area contributed by atoms with Crippen LogP contribution in [-0.2, 0) is 42.9 Å². The molecular formula is C29H36O13. The third kappa shape index (κ3) is 3.75. The van der Waals surface area contributed by atoms with Gasteiger partial charge in [-0.3, -0.25) is 9.59 Å². The molecule has 11 atom stereocenters. The maximum Gasteiger partial charge on any atom is 0.348 e. The molecule has 2 heterocycles. The van der Waals surface area contributed by atoms with Gasteiger partial charge in [0.2, 0.25) is 11.7 Å². The predicted octanol–water partition coefficient (Wildman–Crippen LogP) is 0.606. The second-order valence-electron chi connectivity index (χ2n) is 13.0. The monoisotopic (exact) mass is 592 g/mol. The summed E-state index contributed by atoms with van der Waals surface area (Å²) in [7, 11) is 0. The number of rotatable bonds is 5. The summed E-state index contributed by atoms with van der Waals surface area (Å²) in [6.07, 6.45) is -4.32. The number of ketones is 1. The SMILES string of the molecule is CC(=O)OC(C)(C)/C(C)=C/C(=O)O[C@H]1C(=O)O[C@@H]2C[C@H]3[C@H](C)C(=O)C(O)=C[C@]3(C)[C@H]3[C@@H](O)[C@H](O)[C@@]4(C(=O)O)OC[C@]32[C@@H]14. The number of carbonyl (C=O) groups is 5. The van der Waals surface area contributed by atoms with Gasteiger partial charge in [0.1, 0.15) is 17.8 Å². The summed E-state index contributed by atoms with van der Waals surface area (Å²) in [4.78, 5) is 63.8. The molecule has 2 bridgehead atoms. The summed E-state index contributed by atoms with van der Waals surface area (Å²) in [5.74, 6) is -9.29. The Kier molecular flexibility index (Phi) is 6.72. The molecule has 0 aromatic heterocycles. The van der Waals surface area contributed by atoms with Crippen molar-refractivity contribution in [1.29, 1.82) is 0 Å². The smallest absolute Gasteiger partial charge is 0.348 e. The zero-order chi connectivity index (χ0) is 31.3. The van der Waals surface area contributed by atoms with E-state index in [0.29, 0.717) is 0 Å². The molecule has 230 valence electrons. The van der Waals surface area contributed by atoms with Crippen molar-refractivity contribution < 1.29 is 63.3 Å². The number of carboxylic acid groups (broad SMARTS) is 1. The lowest BCUT2D eigenvalue weighted by Gasteiger charge is -2.67. The Morgan fingerprint density at radius 1 is 1.14 bits per heavy atom. The van der Waals surface area contributed by atoms with Crippen LogP contribution in [0.4, 0.5) is 0 Å². The minimum Gasteiger partial charge on any atom is -0.505 e. The molecule has 0 radical (unpaired) electrons. The van der Waals surface area contributed by atoms with Gasteiger partial charge in [-0.2, -0.15) is 0 Å². The molecule has 4 fully saturated rings. The fourth-order valence-electron chi connectivity index (χ4n) is 8.62. The van der Waals surface area contributed by atoms with Crippen molar-refractivity contribution in [3.05, 3.63) is 23.5 Å². The quantitative estimate of drug-likeness (QED) is 0.197. The van der Waals surface area contributed by atoms with Crippen LogP contribution < -0.4 is 0 Å². The van der Waals surface area contributed by atoms with Gasteiger partial charge in [-0.1, -0.05) is 13.8 Å². The number of hydrogen-bond acceptors (Lipinski definition) is 12. The molecule has 2 saturated carbocycles. The molecule has 2 saturated heterocycles. The number of Topliss-reactive ketones (excluding diaryl/α,β-unsaturated/α-hetero) is 1. The highest BCUT2D eigenvalue weighted by molar-refractivity contribution is 5.96. The van der Waals surface area contributed by atoms with Gasteiger partial charge >= 0.3 is 23.9 Å². The molecular weight excluding hydrogens is 556 g/mol. The summed E-state index contributed by atoms with van der Waals surface area (Å²) in [6.45, 7) is 8.74. The number of fused-ring (bicyclic) bond motifs is 2. The van der Waals surface area contributed by atoms with E-state index >= 15 is 0 Å². The number of aliphatic hydroxyl groups excluding tert-OH is 3. The number of aliphatic hydroxyl groups is 3. The number of allylic oxidation sites excluding steroid dienone is 2.